The first kappa shape index (κ1) is 11.8. The number of hydrogen-bond donors (Lipinski definition) is 2. The van der Waals surface area contributed by atoms with Crippen LogP contribution in [-0.2, 0) is 4.74 Å². The molecule has 0 aliphatic rings. The Hall–Kier alpha value is -1.27. The second-order valence-corrected chi connectivity index (χ2v) is 3.79. The third-order valence-corrected chi connectivity index (χ3v) is 2.56. The summed E-state index contributed by atoms with van der Waals surface area (Å²) in [4.78, 5) is 15.3. The Balaban J connectivity index is 2.89. The fraction of sp³-hybridized carbons (Fsp3) is 0.333. The fourth-order valence-corrected chi connectivity index (χ4v) is 1.59. The molecule has 0 aliphatic carbocycles. The van der Waals surface area contributed by atoms with Crippen molar-refractivity contribution < 1.29 is 14.6 Å². The van der Waals surface area contributed by atoms with E-state index in [-0.39, 0.29) is 12.3 Å². The third-order valence-electron chi connectivity index (χ3n) is 1.66. The van der Waals surface area contributed by atoms with Gasteiger partial charge in [0, 0.05) is 5.75 Å². The number of carbonyl (C=O) groups excluding carboxylic acids is 1. The van der Waals surface area contributed by atoms with Gasteiger partial charge >= 0.3 is 5.97 Å². The van der Waals surface area contributed by atoms with Crippen molar-refractivity contribution in [2.45, 2.75) is 5.03 Å². The molecule has 0 saturated heterocycles. The number of pyridine rings is 1. The zero-order valence-electron chi connectivity index (χ0n) is 8.27. The highest BCUT2D eigenvalue weighted by molar-refractivity contribution is 7.99. The van der Waals surface area contributed by atoms with Gasteiger partial charge in [0.15, 0.2) is 0 Å². The van der Waals surface area contributed by atoms with Crippen molar-refractivity contribution >= 4 is 23.4 Å². The van der Waals surface area contributed by atoms with Gasteiger partial charge in [-0.3, -0.25) is 0 Å². The fourth-order valence-electron chi connectivity index (χ4n) is 0.963. The molecule has 6 heteroatoms. The molecule has 1 aromatic rings. The Kier molecular flexibility index (Phi) is 4.38. The number of methoxy groups -OCH3 is 1. The van der Waals surface area contributed by atoms with Crippen molar-refractivity contribution in [2.24, 2.45) is 0 Å². The van der Waals surface area contributed by atoms with E-state index in [1.165, 1.54) is 25.1 Å². The highest BCUT2D eigenvalue weighted by atomic mass is 32.2. The number of rotatable bonds is 4. The molecular formula is C9H12N2O3S. The number of aromatic nitrogens is 1. The standard InChI is InChI=1S/C9H12N2O3S/c1-14-9(13)6-4-8(15-3-2-12)11-5-7(6)10/h4-5,12H,2-3,10H2,1H3. The number of aliphatic hydroxyl groups is 1. The van der Waals surface area contributed by atoms with E-state index in [2.05, 4.69) is 9.72 Å². The van der Waals surface area contributed by atoms with E-state index in [1.807, 2.05) is 0 Å². The molecule has 0 bridgehead atoms. The summed E-state index contributed by atoms with van der Waals surface area (Å²) in [6.45, 7) is 0.0598. The summed E-state index contributed by atoms with van der Waals surface area (Å²) in [6, 6.07) is 1.56. The van der Waals surface area contributed by atoms with E-state index in [0.29, 0.717) is 16.3 Å². The van der Waals surface area contributed by atoms with E-state index in [0.717, 1.165) is 0 Å². The summed E-state index contributed by atoms with van der Waals surface area (Å²) in [6.07, 6.45) is 1.41. The minimum absolute atomic E-state index is 0.0598. The highest BCUT2D eigenvalue weighted by Crippen LogP contribution is 2.20. The van der Waals surface area contributed by atoms with Gasteiger partial charge in [-0.1, -0.05) is 0 Å². The van der Waals surface area contributed by atoms with E-state index >= 15 is 0 Å². The predicted octanol–water partition coefficient (Wildman–Crippen LogP) is 0.535. The van der Waals surface area contributed by atoms with Crippen molar-refractivity contribution in [1.82, 2.24) is 4.98 Å². The molecule has 0 aliphatic heterocycles. The minimum Gasteiger partial charge on any atom is -0.465 e. The maximum Gasteiger partial charge on any atom is 0.340 e. The minimum atomic E-state index is -0.485. The number of aliphatic hydroxyl groups excluding tert-OH is 1. The van der Waals surface area contributed by atoms with E-state index < -0.39 is 5.97 Å². The van der Waals surface area contributed by atoms with Gasteiger partial charge in [-0.25, -0.2) is 9.78 Å². The van der Waals surface area contributed by atoms with Crippen LogP contribution in [0.4, 0.5) is 5.69 Å². The number of nitrogens with zero attached hydrogens (tertiary/aromatic N) is 1. The summed E-state index contributed by atoms with van der Waals surface area (Å²) in [5.41, 5.74) is 6.16. The van der Waals surface area contributed by atoms with Crippen molar-refractivity contribution in [3.05, 3.63) is 17.8 Å². The van der Waals surface area contributed by atoms with Crippen molar-refractivity contribution in [3.63, 3.8) is 0 Å². The Morgan fingerprint density at radius 3 is 3.07 bits per heavy atom. The first-order valence-electron chi connectivity index (χ1n) is 4.26. The van der Waals surface area contributed by atoms with Crippen LogP contribution in [0, 0.1) is 0 Å². The molecule has 0 aromatic carbocycles. The maximum absolute atomic E-state index is 11.3. The molecule has 0 fully saturated rings. The van der Waals surface area contributed by atoms with Crippen LogP contribution >= 0.6 is 11.8 Å². The molecule has 82 valence electrons. The molecule has 1 rings (SSSR count). The number of hydrogen-bond acceptors (Lipinski definition) is 6. The number of anilines is 1. The van der Waals surface area contributed by atoms with Gasteiger partial charge in [0.2, 0.25) is 0 Å². The first-order chi connectivity index (χ1) is 7.19. The average molecular weight is 228 g/mol. The Morgan fingerprint density at radius 2 is 2.47 bits per heavy atom. The van der Waals surface area contributed by atoms with Crippen LogP contribution in [0.3, 0.4) is 0 Å². The monoisotopic (exact) mass is 228 g/mol. The van der Waals surface area contributed by atoms with E-state index in [4.69, 9.17) is 10.8 Å². The summed E-state index contributed by atoms with van der Waals surface area (Å²) in [5, 5.41) is 9.28. The number of ether oxygens (including phenoxy) is 1. The third kappa shape index (κ3) is 3.10. The smallest absolute Gasteiger partial charge is 0.340 e. The second-order valence-electron chi connectivity index (χ2n) is 2.67. The van der Waals surface area contributed by atoms with E-state index in [1.54, 1.807) is 6.07 Å². The van der Waals surface area contributed by atoms with Gasteiger partial charge in [-0.2, -0.15) is 0 Å². The van der Waals surface area contributed by atoms with Crippen molar-refractivity contribution in [1.29, 1.82) is 0 Å². The van der Waals surface area contributed by atoms with E-state index in [9.17, 15) is 4.79 Å². The van der Waals surface area contributed by atoms with Gasteiger partial charge in [0.05, 0.1) is 36.2 Å². The quantitative estimate of drug-likeness (QED) is 0.577. The van der Waals surface area contributed by atoms with Gasteiger partial charge in [0.1, 0.15) is 0 Å². The lowest BCUT2D eigenvalue weighted by molar-refractivity contribution is 0.0601. The van der Waals surface area contributed by atoms with Crippen molar-refractivity contribution in [2.75, 3.05) is 25.2 Å². The van der Waals surface area contributed by atoms with Crippen LogP contribution in [-0.4, -0.2) is 35.5 Å². The topological polar surface area (TPSA) is 85.4 Å². The Bertz CT molecular complexity index is 357. The molecule has 0 atom stereocenters. The van der Waals surface area contributed by atoms with Gasteiger partial charge in [0.25, 0.3) is 0 Å². The van der Waals surface area contributed by atoms with Crippen LogP contribution in [0.1, 0.15) is 10.4 Å². The molecule has 15 heavy (non-hydrogen) atoms. The lowest BCUT2D eigenvalue weighted by atomic mass is 10.2. The molecule has 0 radical (unpaired) electrons. The van der Waals surface area contributed by atoms with Crippen LogP contribution < -0.4 is 5.73 Å². The normalized spacial score (nSPS) is 10.0. The molecule has 1 heterocycles. The predicted molar refractivity (Wildman–Crippen MR) is 57.8 cm³/mol. The lowest BCUT2D eigenvalue weighted by Crippen LogP contribution is -2.06. The SMILES string of the molecule is COC(=O)c1cc(SCCO)ncc1N. The second kappa shape index (κ2) is 5.57. The molecule has 0 saturated carbocycles. The molecule has 0 spiro atoms. The molecule has 1 aromatic heterocycles. The zero-order valence-corrected chi connectivity index (χ0v) is 9.08. The van der Waals surface area contributed by atoms with Crippen LogP contribution in [0.25, 0.3) is 0 Å². The largest absolute Gasteiger partial charge is 0.465 e. The van der Waals surface area contributed by atoms with Crippen LogP contribution in [0.5, 0.6) is 0 Å². The molecule has 0 unspecified atom stereocenters. The number of nitrogens with two attached hydrogens (primary N) is 1. The van der Waals surface area contributed by atoms with Crippen LogP contribution in [0.15, 0.2) is 17.3 Å². The molecule has 0 amide bonds. The average Bonchev–Trinajstić information content (AvgIpc) is 2.27. The number of thioether (sulfide) groups is 1. The maximum atomic E-state index is 11.3. The summed E-state index contributed by atoms with van der Waals surface area (Å²) in [5.74, 6) is 0.0399. The number of nitrogen functional groups attached to an aromatic ring is 1. The highest BCUT2D eigenvalue weighted by Gasteiger charge is 2.11. The number of esters is 1. The van der Waals surface area contributed by atoms with Gasteiger partial charge < -0.3 is 15.6 Å². The zero-order chi connectivity index (χ0) is 11.3. The molecule has 3 N–H and O–H groups in total. The first-order valence-corrected chi connectivity index (χ1v) is 5.25. The van der Waals surface area contributed by atoms with Gasteiger partial charge in [-0.15, -0.1) is 11.8 Å². The van der Waals surface area contributed by atoms with Gasteiger partial charge in [-0.05, 0) is 6.07 Å². The summed E-state index contributed by atoms with van der Waals surface area (Å²) >= 11 is 1.35. The molecule has 5 nitrogen and oxygen atoms in total. The molecular weight excluding hydrogens is 216 g/mol. The van der Waals surface area contributed by atoms with Crippen LogP contribution in [0.2, 0.25) is 0 Å². The summed E-state index contributed by atoms with van der Waals surface area (Å²) in [7, 11) is 1.29. The van der Waals surface area contributed by atoms with Crippen molar-refractivity contribution in [3.8, 4) is 0 Å². The summed E-state index contributed by atoms with van der Waals surface area (Å²) < 4.78 is 4.57. The Labute approximate surface area is 91.6 Å². The lowest BCUT2D eigenvalue weighted by Gasteiger charge is -2.05. The Morgan fingerprint density at radius 1 is 1.73 bits per heavy atom. The number of carbonyl (C=O) groups is 1.